The number of nitrogens with zero attached hydrogens (tertiary/aromatic N) is 1. The number of hydrogen-bond donors (Lipinski definition) is 2. The maximum atomic E-state index is 12.1. The number of aromatic nitrogens is 1. The lowest BCUT2D eigenvalue weighted by Gasteiger charge is -2.35. The van der Waals surface area contributed by atoms with Gasteiger partial charge in [-0.3, -0.25) is 0 Å². The number of carbonyl (C=O) groups excluding carboxylic acids is 1. The first kappa shape index (κ1) is 16.9. The Morgan fingerprint density at radius 1 is 1.36 bits per heavy atom. The maximum absolute atomic E-state index is 12.1. The standard InChI is InChI=1S/C17H29N3O2/c1-17(2,3)22-16(21)20(4)15-7-5-14(6-8-15)19-12-13-9-10-18-11-13/h9-11,14-15,18-19H,5-8,12H2,1-4H3. The number of H-pyrrole nitrogens is 1. The molecule has 1 fully saturated rings. The third-order valence-electron chi connectivity index (χ3n) is 4.18. The Labute approximate surface area is 133 Å². The summed E-state index contributed by atoms with van der Waals surface area (Å²) in [5.74, 6) is 0. The van der Waals surface area contributed by atoms with Gasteiger partial charge in [0.05, 0.1) is 0 Å². The summed E-state index contributed by atoms with van der Waals surface area (Å²) in [6.07, 6.45) is 8.01. The molecular formula is C17H29N3O2. The van der Waals surface area contributed by atoms with Gasteiger partial charge in [0.15, 0.2) is 0 Å². The predicted octanol–water partition coefficient (Wildman–Crippen LogP) is 3.28. The van der Waals surface area contributed by atoms with Gasteiger partial charge in [0.2, 0.25) is 0 Å². The average molecular weight is 307 g/mol. The molecule has 1 aliphatic carbocycles. The lowest BCUT2D eigenvalue weighted by molar-refractivity contribution is 0.0179. The van der Waals surface area contributed by atoms with Gasteiger partial charge >= 0.3 is 6.09 Å². The first-order valence-corrected chi connectivity index (χ1v) is 8.16. The molecule has 5 heteroatoms. The van der Waals surface area contributed by atoms with Crippen molar-refractivity contribution in [1.82, 2.24) is 15.2 Å². The quantitative estimate of drug-likeness (QED) is 0.897. The third-order valence-corrected chi connectivity index (χ3v) is 4.18. The first-order chi connectivity index (χ1) is 10.3. The Hall–Kier alpha value is -1.49. The monoisotopic (exact) mass is 307 g/mol. The van der Waals surface area contributed by atoms with Gasteiger partial charge in [-0.05, 0) is 58.1 Å². The Bertz CT molecular complexity index is 457. The van der Waals surface area contributed by atoms with Crippen molar-refractivity contribution in [3.8, 4) is 0 Å². The fourth-order valence-corrected chi connectivity index (χ4v) is 2.88. The van der Waals surface area contributed by atoms with Gasteiger partial charge in [0.1, 0.15) is 5.60 Å². The van der Waals surface area contributed by atoms with E-state index in [-0.39, 0.29) is 6.09 Å². The van der Waals surface area contributed by atoms with Gasteiger partial charge in [-0.15, -0.1) is 0 Å². The van der Waals surface area contributed by atoms with E-state index in [1.807, 2.05) is 40.2 Å². The molecule has 0 bridgehead atoms. The molecule has 2 rings (SSSR count). The highest BCUT2D eigenvalue weighted by Gasteiger charge is 2.29. The highest BCUT2D eigenvalue weighted by Crippen LogP contribution is 2.24. The summed E-state index contributed by atoms with van der Waals surface area (Å²) in [4.78, 5) is 16.9. The van der Waals surface area contributed by atoms with E-state index in [9.17, 15) is 4.79 Å². The van der Waals surface area contributed by atoms with Crippen LogP contribution in [-0.2, 0) is 11.3 Å². The van der Waals surface area contributed by atoms with Crippen LogP contribution in [0.1, 0.15) is 52.0 Å². The normalized spacial score (nSPS) is 22.4. The topological polar surface area (TPSA) is 57.4 Å². The summed E-state index contributed by atoms with van der Waals surface area (Å²) in [5, 5.41) is 3.60. The number of carbonyl (C=O) groups is 1. The fraction of sp³-hybridized carbons (Fsp3) is 0.706. The number of aromatic amines is 1. The number of hydrogen-bond acceptors (Lipinski definition) is 3. The van der Waals surface area contributed by atoms with Crippen molar-refractivity contribution in [1.29, 1.82) is 0 Å². The molecule has 1 saturated carbocycles. The third kappa shape index (κ3) is 5.05. The van der Waals surface area contributed by atoms with E-state index in [4.69, 9.17) is 4.74 Å². The summed E-state index contributed by atoms with van der Waals surface area (Å²) >= 11 is 0. The lowest BCUT2D eigenvalue weighted by Crippen LogP contribution is -2.44. The zero-order chi connectivity index (χ0) is 16.2. The number of ether oxygens (including phenoxy) is 1. The van der Waals surface area contributed by atoms with Crippen molar-refractivity contribution >= 4 is 6.09 Å². The zero-order valence-corrected chi connectivity index (χ0v) is 14.2. The van der Waals surface area contributed by atoms with Crippen LogP contribution in [0.5, 0.6) is 0 Å². The SMILES string of the molecule is CN(C(=O)OC(C)(C)C)C1CCC(NCc2cc[nH]c2)CC1. The maximum Gasteiger partial charge on any atom is 0.410 e. The van der Waals surface area contributed by atoms with Crippen molar-refractivity contribution < 1.29 is 9.53 Å². The second-order valence-electron chi connectivity index (χ2n) is 7.20. The van der Waals surface area contributed by atoms with Gasteiger partial charge in [-0.25, -0.2) is 4.79 Å². The second kappa shape index (κ2) is 7.18. The van der Waals surface area contributed by atoms with Crippen molar-refractivity contribution in [3.05, 3.63) is 24.0 Å². The lowest BCUT2D eigenvalue weighted by atomic mass is 9.90. The summed E-state index contributed by atoms with van der Waals surface area (Å²) in [6, 6.07) is 2.92. The summed E-state index contributed by atoms with van der Waals surface area (Å²) in [6.45, 7) is 6.61. The van der Waals surface area contributed by atoms with Crippen LogP contribution in [-0.4, -0.2) is 40.7 Å². The molecule has 2 N–H and O–H groups in total. The Balaban J connectivity index is 1.73. The van der Waals surface area contributed by atoms with Crippen LogP contribution < -0.4 is 5.32 Å². The second-order valence-corrected chi connectivity index (χ2v) is 7.20. The van der Waals surface area contributed by atoms with E-state index in [0.717, 1.165) is 32.2 Å². The smallest absolute Gasteiger partial charge is 0.410 e. The minimum absolute atomic E-state index is 0.212. The summed E-state index contributed by atoms with van der Waals surface area (Å²) in [7, 11) is 1.85. The molecule has 1 aromatic heterocycles. The van der Waals surface area contributed by atoms with Crippen LogP contribution in [0.2, 0.25) is 0 Å². The minimum atomic E-state index is -0.430. The highest BCUT2D eigenvalue weighted by molar-refractivity contribution is 5.68. The molecule has 0 aromatic carbocycles. The van der Waals surface area contributed by atoms with Crippen molar-refractivity contribution in [2.75, 3.05) is 7.05 Å². The summed E-state index contributed by atoms with van der Waals surface area (Å²) in [5.41, 5.74) is 0.855. The van der Waals surface area contributed by atoms with Gasteiger partial charge in [-0.1, -0.05) is 0 Å². The molecule has 0 aliphatic heterocycles. The Morgan fingerprint density at radius 3 is 2.59 bits per heavy atom. The van der Waals surface area contributed by atoms with Crippen LogP contribution in [0, 0.1) is 0 Å². The molecule has 1 amide bonds. The van der Waals surface area contributed by atoms with Crippen LogP contribution in [0.15, 0.2) is 18.5 Å². The Morgan fingerprint density at radius 2 is 2.05 bits per heavy atom. The molecule has 124 valence electrons. The zero-order valence-electron chi connectivity index (χ0n) is 14.2. The van der Waals surface area contributed by atoms with Gasteiger partial charge in [0, 0.05) is 38.1 Å². The highest BCUT2D eigenvalue weighted by atomic mass is 16.6. The van der Waals surface area contributed by atoms with E-state index >= 15 is 0 Å². The minimum Gasteiger partial charge on any atom is -0.444 e. The average Bonchev–Trinajstić information content (AvgIpc) is 2.96. The van der Waals surface area contributed by atoms with E-state index < -0.39 is 5.60 Å². The van der Waals surface area contributed by atoms with Crippen molar-refractivity contribution in [2.45, 2.75) is 70.7 Å². The van der Waals surface area contributed by atoms with Crippen LogP contribution >= 0.6 is 0 Å². The summed E-state index contributed by atoms with van der Waals surface area (Å²) < 4.78 is 5.44. The molecule has 1 heterocycles. The molecule has 0 saturated heterocycles. The van der Waals surface area contributed by atoms with Gasteiger partial charge in [-0.2, -0.15) is 0 Å². The number of nitrogens with one attached hydrogen (secondary N) is 2. The van der Waals surface area contributed by atoms with E-state index in [2.05, 4.69) is 16.4 Å². The van der Waals surface area contributed by atoms with Crippen LogP contribution in [0.3, 0.4) is 0 Å². The number of rotatable bonds is 4. The fourth-order valence-electron chi connectivity index (χ4n) is 2.88. The molecule has 0 atom stereocenters. The van der Waals surface area contributed by atoms with Crippen molar-refractivity contribution in [3.63, 3.8) is 0 Å². The van der Waals surface area contributed by atoms with Crippen molar-refractivity contribution in [2.24, 2.45) is 0 Å². The van der Waals surface area contributed by atoms with Gasteiger partial charge in [0.25, 0.3) is 0 Å². The van der Waals surface area contributed by atoms with Gasteiger partial charge < -0.3 is 19.9 Å². The van der Waals surface area contributed by atoms with E-state index in [1.54, 1.807) is 4.90 Å². The van der Waals surface area contributed by atoms with E-state index in [1.165, 1.54) is 5.56 Å². The molecule has 0 radical (unpaired) electrons. The molecule has 1 aromatic rings. The van der Waals surface area contributed by atoms with Crippen LogP contribution in [0.4, 0.5) is 4.79 Å². The molecule has 5 nitrogen and oxygen atoms in total. The Kier molecular flexibility index (Phi) is 5.51. The first-order valence-electron chi connectivity index (χ1n) is 8.16. The molecule has 0 unspecified atom stereocenters. The molecule has 0 spiro atoms. The molecular weight excluding hydrogens is 278 g/mol. The number of amides is 1. The molecule has 1 aliphatic rings. The molecule has 22 heavy (non-hydrogen) atoms. The largest absolute Gasteiger partial charge is 0.444 e. The predicted molar refractivity (Wildman–Crippen MR) is 87.7 cm³/mol. The van der Waals surface area contributed by atoms with Crippen LogP contribution in [0.25, 0.3) is 0 Å². The van der Waals surface area contributed by atoms with E-state index in [0.29, 0.717) is 12.1 Å².